The predicted molar refractivity (Wildman–Crippen MR) is 109 cm³/mol. The maximum Gasteiger partial charge on any atom is 0.259 e. The van der Waals surface area contributed by atoms with Crippen LogP contribution in [0.4, 0.5) is 5.69 Å². The van der Waals surface area contributed by atoms with Crippen LogP contribution in [0.3, 0.4) is 0 Å². The van der Waals surface area contributed by atoms with Crippen molar-refractivity contribution in [2.75, 3.05) is 4.90 Å². The van der Waals surface area contributed by atoms with E-state index in [0.717, 1.165) is 29.8 Å². The van der Waals surface area contributed by atoms with E-state index in [-0.39, 0.29) is 5.91 Å². The fourth-order valence-corrected chi connectivity index (χ4v) is 3.64. The molecule has 0 atom stereocenters. The molecule has 1 aliphatic carbocycles. The third kappa shape index (κ3) is 3.29. The molecule has 0 N–H and O–H groups in total. The van der Waals surface area contributed by atoms with Crippen LogP contribution >= 0.6 is 0 Å². The molecule has 5 rings (SSSR count). The van der Waals surface area contributed by atoms with E-state index in [2.05, 4.69) is 15.2 Å². The van der Waals surface area contributed by atoms with Crippen LogP contribution in [-0.2, 0) is 13.6 Å². The lowest BCUT2D eigenvalue weighted by molar-refractivity contribution is 0.0986. The molecule has 0 aliphatic heterocycles. The molecule has 0 unspecified atom stereocenters. The topological polar surface area (TPSA) is 77.1 Å². The maximum atomic E-state index is 13.8. The van der Waals surface area contributed by atoms with Crippen molar-refractivity contribution in [3.05, 3.63) is 71.3 Å². The number of hydrogen-bond donors (Lipinski definition) is 0. The molecule has 3 aromatic heterocycles. The van der Waals surface area contributed by atoms with E-state index in [0.29, 0.717) is 34.8 Å². The number of amides is 1. The predicted octanol–water partition coefficient (Wildman–Crippen LogP) is 3.99. The Bertz CT molecular complexity index is 1190. The van der Waals surface area contributed by atoms with E-state index in [9.17, 15) is 4.79 Å². The normalized spacial score (nSPS) is 13.7. The monoisotopic (exact) mass is 387 g/mol. The van der Waals surface area contributed by atoms with Gasteiger partial charge in [0.15, 0.2) is 0 Å². The van der Waals surface area contributed by atoms with Crippen molar-refractivity contribution in [2.24, 2.45) is 7.05 Å². The van der Waals surface area contributed by atoms with Crippen LogP contribution < -0.4 is 4.90 Å². The Morgan fingerprint density at radius 2 is 2.07 bits per heavy atom. The van der Waals surface area contributed by atoms with E-state index in [1.165, 1.54) is 0 Å². The van der Waals surface area contributed by atoms with Gasteiger partial charge in [0.25, 0.3) is 11.6 Å². The molecule has 0 radical (unpaired) electrons. The average Bonchev–Trinajstić information content (AvgIpc) is 3.41. The zero-order valence-corrected chi connectivity index (χ0v) is 16.4. The number of nitrogens with zero attached hydrogens (tertiary/aromatic N) is 5. The number of hydrogen-bond acceptors (Lipinski definition) is 5. The summed E-state index contributed by atoms with van der Waals surface area (Å²) in [5.41, 5.74) is 4.39. The molecule has 7 heteroatoms. The lowest BCUT2D eigenvalue weighted by Gasteiger charge is -2.23. The molecule has 0 spiro atoms. The van der Waals surface area contributed by atoms with Crippen molar-refractivity contribution in [3.63, 3.8) is 0 Å². The van der Waals surface area contributed by atoms with Gasteiger partial charge in [0.05, 0.1) is 29.4 Å². The number of aromatic nitrogens is 4. The second-order valence-electron chi connectivity index (χ2n) is 7.57. The zero-order chi connectivity index (χ0) is 20.0. The average molecular weight is 387 g/mol. The Hall–Kier alpha value is -3.48. The number of para-hydroxylation sites is 1. The minimum absolute atomic E-state index is 0.0966. The lowest BCUT2D eigenvalue weighted by atomic mass is 10.1. The second-order valence-corrected chi connectivity index (χ2v) is 7.57. The number of anilines is 1. The summed E-state index contributed by atoms with van der Waals surface area (Å²) in [7, 11) is 1.87. The van der Waals surface area contributed by atoms with Gasteiger partial charge in [-0.15, -0.1) is 0 Å². The molecular formula is C22H21N5O2. The molecule has 1 aromatic carbocycles. The molecule has 3 heterocycles. The van der Waals surface area contributed by atoms with E-state index >= 15 is 0 Å². The van der Waals surface area contributed by atoms with Crippen LogP contribution in [0.5, 0.6) is 0 Å². The summed E-state index contributed by atoms with van der Waals surface area (Å²) in [6.45, 7) is 2.26. The van der Waals surface area contributed by atoms with Crippen LogP contribution in [0, 0.1) is 6.92 Å². The van der Waals surface area contributed by atoms with Gasteiger partial charge in [0, 0.05) is 36.1 Å². The fraction of sp³-hybridized carbons (Fsp3) is 0.273. The minimum Gasteiger partial charge on any atom is -0.336 e. The van der Waals surface area contributed by atoms with Gasteiger partial charge >= 0.3 is 0 Å². The quantitative estimate of drug-likeness (QED) is 0.517. The summed E-state index contributed by atoms with van der Waals surface area (Å²) in [5.74, 6) is 0.306. The summed E-state index contributed by atoms with van der Waals surface area (Å²) in [6, 6.07) is 11.6. The van der Waals surface area contributed by atoms with Crippen molar-refractivity contribution in [3.8, 4) is 0 Å². The third-order valence-electron chi connectivity index (χ3n) is 5.28. The number of rotatable bonds is 5. The van der Waals surface area contributed by atoms with Crippen LogP contribution in [0.25, 0.3) is 11.1 Å². The second kappa shape index (κ2) is 6.84. The van der Waals surface area contributed by atoms with Gasteiger partial charge in [0.1, 0.15) is 0 Å². The molecule has 1 aliphatic rings. The van der Waals surface area contributed by atoms with Crippen LogP contribution in [-0.4, -0.2) is 25.8 Å². The first-order valence-electron chi connectivity index (χ1n) is 9.71. The zero-order valence-electron chi connectivity index (χ0n) is 16.4. The van der Waals surface area contributed by atoms with E-state index in [4.69, 9.17) is 4.52 Å². The molecule has 29 heavy (non-hydrogen) atoms. The standard InChI is InChI=1S/C22H21N5O2/c1-14-20-18(10-19(16-8-9-16)24-21(20)29-25-14)22(28)27(17-6-4-3-5-7-17)13-15-11-23-26(2)12-15/h3-7,10-12,16H,8-9,13H2,1-2H3. The van der Waals surface area contributed by atoms with Gasteiger partial charge in [-0.05, 0) is 38.0 Å². The summed E-state index contributed by atoms with van der Waals surface area (Å²) >= 11 is 0. The first-order valence-corrected chi connectivity index (χ1v) is 9.71. The molecule has 7 nitrogen and oxygen atoms in total. The van der Waals surface area contributed by atoms with Crippen LogP contribution in [0.15, 0.2) is 53.3 Å². The molecule has 146 valence electrons. The number of fused-ring (bicyclic) bond motifs is 1. The maximum absolute atomic E-state index is 13.8. The molecule has 0 saturated heterocycles. The highest BCUT2D eigenvalue weighted by molar-refractivity contribution is 6.13. The Kier molecular flexibility index (Phi) is 4.16. The van der Waals surface area contributed by atoms with Crippen molar-refractivity contribution >= 4 is 22.7 Å². The number of carbonyl (C=O) groups is 1. The first kappa shape index (κ1) is 17.6. The number of pyridine rings is 1. The summed E-state index contributed by atoms with van der Waals surface area (Å²) < 4.78 is 7.16. The largest absolute Gasteiger partial charge is 0.336 e. The molecule has 1 saturated carbocycles. The number of aryl methyl sites for hydroxylation is 2. The van der Waals surface area contributed by atoms with Gasteiger partial charge in [-0.25, -0.2) is 4.98 Å². The molecular weight excluding hydrogens is 366 g/mol. The lowest BCUT2D eigenvalue weighted by Crippen LogP contribution is -2.30. The third-order valence-corrected chi connectivity index (χ3v) is 5.28. The van der Waals surface area contributed by atoms with Gasteiger partial charge < -0.3 is 9.42 Å². The van der Waals surface area contributed by atoms with Crippen molar-refractivity contribution in [2.45, 2.75) is 32.2 Å². The van der Waals surface area contributed by atoms with E-state index in [1.54, 1.807) is 15.8 Å². The highest BCUT2D eigenvalue weighted by Crippen LogP contribution is 2.40. The molecule has 1 fully saturated rings. The SMILES string of the molecule is Cc1noc2nc(C3CC3)cc(C(=O)N(Cc3cnn(C)c3)c3ccccc3)c12. The summed E-state index contributed by atoms with van der Waals surface area (Å²) in [6.07, 6.45) is 5.89. The minimum atomic E-state index is -0.0966. The summed E-state index contributed by atoms with van der Waals surface area (Å²) in [4.78, 5) is 20.2. The van der Waals surface area contributed by atoms with E-state index < -0.39 is 0 Å². The van der Waals surface area contributed by atoms with Gasteiger partial charge in [-0.3, -0.25) is 9.48 Å². The number of carbonyl (C=O) groups excluding carboxylic acids is 1. The highest BCUT2D eigenvalue weighted by atomic mass is 16.5. The molecule has 4 aromatic rings. The Morgan fingerprint density at radius 3 is 2.76 bits per heavy atom. The molecule has 0 bridgehead atoms. The van der Waals surface area contributed by atoms with Crippen LogP contribution in [0.2, 0.25) is 0 Å². The van der Waals surface area contributed by atoms with Crippen molar-refractivity contribution in [1.82, 2.24) is 19.9 Å². The van der Waals surface area contributed by atoms with Crippen molar-refractivity contribution < 1.29 is 9.32 Å². The van der Waals surface area contributed by atoms with Crippen LogP contribution in [0.1, 0.15) is 46.1 Å². The van der Waals surface area contributed by atoms with Crippen molar-refractivity contribution in [1.29, 1.82) is 0 Å². The van der Waals surface area contributed by atoms with Gasteiger partial charge in [0.2, 0.25) is 0 Å². The van der Waals surface area contributed by atoms with Gasteiger partial charge in [-0.2, -0.15) is 5.10 Å². The summed E-state index contributed by atoms with van der Waals surface area (Å²) in [5, 5.41) is 8.98. The fourth-order valence-electron chi connectivity index (χ4n) is 3.64. The first-order chi connectivity index (χ1) is 14.1. The molecule has 1 amide bonds. The Balaban J connectivity index is 1.62. The number of benzene rings is 1. The highest BCUT2D eigenvalue weighted by Gasteiger charge is 2.30. The van der Waals surface area contributed by atoms with E-state index in [1.807, 2.05) is 56.6 Å². The van der Waals surface area contributed by atoms with Gasteiger partial charge in [-0.1, -0.05) is 23.4 Å². The Labute approximate surface area is 167 Å². The smallest absolute Gasteiger partial charge is 0.259 e. The Morgan fingerprint density at radius 1 is 1.28 bits per heavy atom.